The monoisotopic (exact) mass is 433 g/mol. The van der Waals surface area contributed by atoms with Crippen LogP contribution in [0.15, 0.2) is 59.0 Å². The Morgan fingerprint density at radius 3 is 2.38 bits per heavy atom. The van der Waals surface area contributed by atoms with E-state index in [0.29, 0.717) is 31.3 Å². The summed E-state index contributed by atoms with van der Waals surface area (Å²) in [5, 5.41) is 6.80. The van der Waals surface area contributed by atoms with Gasteiger partial charge in [0.1, 0.15) is 5.58 Å². The number of fused-ring (bicyclic) bond motifs is 1. The number of carbonyl (C=O) groups excluding carboxylic acids is 2. The van der Waals surface area contributed by atoms with Crippen molar-refractivity contribution < 1.29 is 14.0 Å². The van der Waals surface area contributed by atoms with Crippen LogP contribution in [-0.4, -0.2) is 36.5 Å². The smallest absolute Gasteiger partial charge is 0.319 e. The van der Waals surface area contributed by atoms with Crippen molar-refractivity contribution in [2.75, 3.05) is 25.0 Å². The van der Waals surface area contributed by atoms with E-state index >= 15 is 0 Å². The number of amides is 3. The molecule has 32 heavy (non-hydrogen) atoms. The van der Waals surface area contributed by atoms with Gasteiger partial charge in [0.2, 0.25) is 0 Å². The number of anilines is 1. The topological polar surface area (TPSA) is 74.6 Å². The molecule has 0 aliphatic carbocycles. The number of piperidine rings is 1. The lowest BCUT2D eigenvalue weighted by Crippen LogP contribution is -2.42. The van der Waals surface area contributed by atoms with Crippen molar-refractivity contribution in [3.63, 3.8) is 0 Å². The highest BCUT2D eigenvalue weighted by molar-refractivity contribution is 5.96. The van der Waals surface area contributed by atoms with Crippen LogP contribution in [0.5, 0.6) is 0 Å². The van der Waals surface area contributed by atoms with Crippen molar-refractivity contribution in [1.82, 2.24) is 10.2 Å². The van der Waals surface area contributed by atoms with E-state index in [2.05, 4.69) is 31.4 Å². The number of nitrogens with one attached hydrogen (secondary N) is 2. The molecule has 0 bridgehead atoms. The minimum atomic E-state index is -0.200. The molecule has 1 aliphatic rings. The maximum Gasteiger partial charge on any atom is 0.319 e. The Labute approximate surface area is 189 Å². The van der Waals surface area contributed by atoms with Crippen LogP contribution in [0.25, 0.3) is 11.0 Å². The zero-order chi connectivity index (χ0) is 22.7. The second kappa shape index (κ2) is 9.07. The number of para-hydroxylation sites is 1. The van der Waals surface area contributed by atoms with Gasteiger partial charge < -0.3 is 20.0 Å². The number of furan rings is 1. The molecule has 2 aromatic carbocycles. The zero-order valence-corrected chi connectivity index (χ0v) is 19.0. The molecule has 1 aromatic heterocycles. The van der Waals surface area contributed by atoms with Crippen LogP contribution in [0.2, 0.25) is 0 Å². The Bertz CT molecular complexity index is 1050. The molecular formula is C26H31N3O3. The van der Waals surface area contributed by atoms with Crippen LogP contribution < -0.4 is 10.6 Å². The lowest BCUT2D eigenvalue weighted by molar-refractivity contribution is 0.0661. The molecule has 0 radical (unpaired) electrons. The number of benzene rings is 2. The Kier molecular flexibility index (Phi) is 6.21. The van der Waals surface area contributed by atoms with Crippen molar-refractivity contribution in [2.24, 2.45) is 5.92 Å². The van der Waals surface area contributed by atoms with Gasteiger partial charge in [0, 0.05) is 30.7 Å². The fourth-order valence-corrected chi connectivity index (χ4v) is 4.05. The molecule has 168 valence electrons. The SMILES string of the molecule is CC(C)(C)c1ccc(NC(=O)NCC2CCN(C(=O)c3cc4ccccc4o3)CC2)cc1. The average Bonchev–Trinajstić information content (AvgIpc) is 3.22. The second-order valence-electron chi connectivity index (χ2n) is 9.55. The van der Waals surface area contributed by atoms with E-state index in [9.17, 15) is 9.59 Å². The van der Waals surface area contributed by atoms with Crippen LogP contribution >= 0.6 is 0 Å². The van der Waals surface area contributed by atoms with Crippen molar-refractivity contribution >= 4 is 28.6 Å². The van der Waals surface area contributed by atoms with Crippen LogP contribution in [0, 0.1) is 5.92 Å². The molecule has 1 aliphatic heterocycles. The molecule has 2 N–H and O–H groups in total. The molecule has 0 spiro atoms. The highest BCUT2D eigenvalue weighted by atomic mass is 16.3. The summed E-state index contributed by atoms with van der Waals surface area (Å²) in [6, 6.07) is 17.2. The molecule has 3 aromatic rings. The van der Waals surface area contributed by atoms with E-state index in [-0.39, 0.29) is 17.4 Å². The van der Waals surface area contributed by atoms with Gasteiger partial charge in [-0.1, -0.05) is 51.1 Å². The molecule has 0 unspecified atom stereocenters. The van der Waals surface area contributed by atoms with Crippen molar-refractivity contribution in [3.8, 4) is 0 Å². The van der Waals surface area contributed by atoms with E-state index in [1.165, 1.54) is 5.56 Å². The highest BCUT2D eigenvalue weighted by Gasteiger charge is 2.26. The third-order valence-corrected chi connectivity index (χ3v) is 6.10. The van der Waals surface area contributed by atoms with E-state index in [4.69, 9.17) is 4.42 Å². The number of urea groups is 1. The molecule has 2 heterocycles. The predicted octanol–water partition coefficient (Wildman–Crippen LogP) is 5.40. The number of nitrogens with zero attached hydrogens (tertiary/aromatic N) is 1. The van der Waals surface area contributed by atoms with Crippen LogP contribution in [-0.2, 0) is 5.41 Å². The molecule has 0 atom stereocenters. The van der Waals surface area contributed by atoms with Gasteiger partial charge in [-0.25, -0.2) is 4.79 Å². The first kappa shape index (κ1) is 21.9. The van der Waals surface area contributed by atoms with Gasteiger partial charge in [0.05, 0.1) is 0 Å². The zero-order valence-electron chi connectivity index (χ0n) is 19.0. The summed E-state index contributed by atoms with van der Waals surface area (Å²) in [7, 11) is 0. The fraction of sp³-hybridized carbons (Fsp3) is 0.385. The number of hydrogen-bond acceptors (Lipinski definition) is 3. The lowest BCUT2D eigenvalue weighted by Gasteiger charge is -2.31. The van der Waals surface area contributed by atoms with Crippen LogP contribution in [0.3, 0.4) is 0 Å². The van der Waals surface area contributed by atoms with Crippen molar-refractivity contribution in [1.29, 1.82) is 0 Å². The quantitative estimate of drug-likeness (QED) is 0.578. The van der Waals surface area contributed by atoms with Gasteiger partial charge in [-0.3, -0.25) is 4.79 Å². The largest absolute Gasteiger partial charge is 0.451 e. The maximum atomic E-state index is 12.8. The second-order valence-corrected chi connectivity index (χ2v) is 9.55. The van der Waals surface area contributed by atoms with Gasteiger partial charge in [0.15, 0.2) is 5.76 Å². The minimum absolute atomic E-state index is 0.0657. The Morgan fingerprint density at radius 1 is 1.03 bits per heavy atom. The van der Waals surface area contributed by atoms with E-state index in [1.54, 1.807) is 0 Å². The lowest BCUT2D eigenvalue weighted by atomic mass is 9.87. The van der Waals surface area contributed by atoms with Crippen molar-refractivity contribution in [2.45, 2.75) is 39.0 Å². The molecule has 6 heteroatoms. The molecule has 3 amide bonds. The Hall–Kier alpha value is -3.28. The molecular weight excluding hydrogens is 402 g/mol. The number of likely N-dealkylation sites (tertiary alicyclic amines) is 1. The summed E-state index contributed by atoms with van der Waals surface area (Å²) in [5.41, 5.74) is 2.82. The summed E-state index contributed by atoms with van der Waals surface area (Å²) >= 11 is 0. The standard InChI is InChI=1S/C26H31N3O3/c1-26(2,3)20-8-10-21(11-9-20)28-25(31)27-17-18-12-14-29(15-13-18)24(30)23-16-19-6-4-5-7-22(19)32-23/h4-11,16,18H,12-15,17H2,1-3H3,(H2,27,28,31). The number of carbonyl (C=O) groups is 2. The van der Waals surface area contributed by atoms with E-state index < -0.39 is 0 Å². The summed E-state index contributed by atoms with van der Waals surface area (Å²) in [5.74, 6) is 0.674. The normalized spacial score (nSPS) is 15.0. The Balaban J connectivity index is 1.22. The predicted molar refractivity (Wildman–Crippen MR) is 127 cm³/mol. The fourth-order valence-electron chi connectivity index (χ4n) is 4.05. The highest BCUT2D eigenvalue weighted by Crippen LogP contribution is 2.24. The van der Waals surface area contributed by atoms with Gasteiger partial charge in [0.25, 0.3) is 5.91 Å². The van der Waals surface area contributed by atoms with Gasteiger partial charge in [-0.15, -0.1) is 0 Å². The van der Waals surface area contributed by atoms with Crippen molar-refractivity contribution in [3.05, 3.63) is 65.9 Å². The number of rotatable bonds is 4. The summed E-state index contributed by atoms with van der Waals surface area (Å²) in [4.78, 5) is 26.9. The minimum Gasteiger partial charge on any atom is -0.451 e. The first-order valence-electron chi connectivity index (χ1n) is 11.2. The molecule has 1 saturated heterocycles. The van der Waals surface area contributed by atoms with Gasteiger partial charge in [-0.2, -0.15) is 0 Å². The molecule has 6 nitrogen and oxygen atoms in total. The first-order chi connectivity index (χ1) is 15.3. The average molecular weight is 434 g/mol. The maximum absolute atomic E-state index is 12.8. The van der Waals surface area contributed by atoms with Crippen LogP contribution in [0.1, 0.15) is 49.7 Å². The van der Waals surface area contributed by atoms with Crippen LogP contribution in [0.4, 0.5) is 10.5 Å². The molecule has 4 rings (SSSR count). The molecule has 0 saturated carbocycles. The van der Waals surface area contributed by atoms with Gasteiger partial charge >= 0.3 is 6.03 Å². The third-order valence-electron chi connectivity index (χ3n) is 6.10. The summed E-state index contributed by atoms with van der Waals surface area (Å²) < 4.78 is 5.71. The summed E-state index contributed by atoms with van der Waals surface area (Å²) in [6.45, 7) is 8.42. The number of hydrogen-bond donors (Lipinski definition) is 2. The van der Waals surface area contributed by atoms with E-state index in [0.717, 1.165) is 29.5 Å². The third kappa shape index (κ3) is 5.13. The van der Waals surface area contributed by atoms with Gasteiger partial charge in [-0.05, 0) is 54.0 Å². The Morgan fingerprint density at radius 2 is 1.72 bits per heavy atom. The summed E-state index contributed by atoms with van der Waals surface area (Å²) in [6.07, 6.45) is 1.71. The van der Waals surface area contributed by atoms with E-state index in [1.807, 2.05) is 59.5 Å². The first-order valence-corrected chi connectivity index (χ1v) is 11.2. The molecule has 1 fully saturated rings.